The van der Waals surface area contributed by atoms with Crippen molar-refractivity contribution in [1.82, 2.24) is 14.8 Å². The molecule has 7 heteroatoms. The Morgan fingerprint density at radius 3 is 2.75 bits per heavy atom. The molecular weight excluding hydrogens is 274 g/mol. The van der Waals surface area contributed by atoms with Crippen molar-refractivity contribution in [2.24, 2.45) is 0 Å². The Morgan fingerprint density at radius 1 is 1.50 bits per heavy atom. The number of rotatable bonds is 4. The lowest BCUT2D eigenvalue weighted by molar-refractivity contribution is 0.0815. The molecule has 0 atom stereocenters. The summed E-state index contributed by atoms with van der Waals surface area (Å²) in [5.74, 6) is 0.227. The van der Waals surface area contributed by atoms with Gasteiger partial charge in [0.15, 0.2) is 5.13 Å². The average molecular weight is 295 g/mol. The summed E-state index contributed by atoms with van der Waals surface area (Å²) in [5.41, 5.74) is 5.90. The lowest BCUT2D eigenvalue weighted by atomic mass is 10.3. The molecule has 0 saturated carbocycles. The molecule has 1 aliphatic rings. The van der Waals surface area contributed by atoms with Gasteiger partial charge in [0.2, 0.25) is 0 Å². The topological polar surface area (TPSA) is 65.7 Å². The molecule has 2 heterocycles. The standard InChI is InChI=1S/C13H21N5OS/c1-4-5-17(3)12(19)10-11(14)15-13(20-10)18-8-6-16(2)7-9-18/h4H,1,5-9,14H2,2-3H3. The van der Waals surface area contributed by atoms with Crippen LogP contribution in [0.3, 0.4) is 0 Å². The van der Waals surface area contributed by atoms with Gasteiger partial charge in [0.1, 0.15) is 10.7 Å². The third-order valence-electron chi connectivity index (χ3n) is 3.36. The number of nitrogens with zero attached hydrogens (tertiary/aromatic N) is 4. The Labute approximate surface area is 123 Å². The summed E-state index contributed by atoms with van der Waals surface area (Å²) in [5, 5.41) is 0.839. The first-order valence-corrected chi connectivity index (χ1v) is 7.40. The largest absolute Gasteiger partial charge is 0.382 e. The summed E-state index contributed by atoms with van der Waals surface area (Å²) in [6.07, 6.45) is 1.69. The molecule has 0 spiro atoms. The molecule has 1 aliphatic heterocycles. The number of likely N-dealkylation sites (N-methyl/N-ethyl adjacent to an activating group) is 2. The van der Waals surface area contributed by atoms with Gasteiger partial charge >= 0.3 is 0 Å². The predicted molar refractivity (Wildman–Crippen MR) is 83.4 cm³/mol. The van der Waals surface area contributed by atoms with E-state index in [4.69, 9.17) is 5.73 Å². The minimum absolute atomic E-state index is 0.0970. The molecule has 0 aromatic carbocycles. The Morgan fingerprint density at radius 2 is 2.15 bits per heavy atom. The smallest absolute Gasteiger partial charge is 0.267 e. The SMILES string of the molecule is C=CCN(C)C(=O)c1sc(N2CCN(C)CC2)nc1N. The van der Waals surface area contributed by atoms with Gasteiger partial charge < -0.3 is 20.4 Å². The minimum Gasteiger partial charge on any atom is -0.382 e. The summed E-state index contributed by atoms with van der Waals surface area (Å²) >= 11 is 1.38. The van der Waals surface area contributed by atoms with E-state index >= 15 is 0 Å². The molecule has 1 aromatic rings. The van der Waals surface area contributed by atoms with Gasteiger partial charge in [-0.25, -0.2) is 4.98 Å². The van der Waals surface area contributed by atoms with Gasteiger partial charge in [0.05, 0.1) is 0 Å². The first-order valence-electron chi connectivity index (χ1n) is 6.59. The molecule has 2 N–H and O–H groups in total. The van der Waals surface area contributed by atoms with Crippen molar-refractivity contribution in [3.05, 3.63) is 17.5 Å². The summed E-state index contributed by atoms with van der Waals surface area (Å²) < 4.78 is 0. The van der Waals surface area contributed by atoms with Crippen LogP contribution >= 0.6 is 11.3 Å². The molecule has 0 unspecified atom stereocenters. The number of nitrogen functional groups attached to an aromatic ring is 1. The number of amides is 1. The third kappa shape index (κ3) is 3.10. The Bertz CT molecular complexity index is 493. The van der Waals surface area contributed by atoms with Crippen LogP contribution in [0.5, 0.6) is 0 Å². The van der Waals surface area contributed by atoms with Crippen molar-refractivity contribution in [3.63, 3.8) is 0 Å². The Balaban J connectivity index is 2.13. The first kappa shape index (κ1) is 14.8. The zero-order valence-corrected chi connectivity index (χ0v) is 12.8. The molecular formula is C13H21N5OS. The predicted octanol–water partition coefficient (Wildman–Crippen LogP) is 0.735. The number of nitrogens with two attached hydrogens (primary N) is 1. The van der Waals surface area contributed by atoms with E-state index in [1.165, 1.54) is 11.3 Å². The maximum absolute atomic E-state index is 12.2. The molecule has 0 radical (unpaired) electrons. The molecule has 2 rings (SSSR count). The highest BCUT2D eigenvalue weighted by Gasteiger charge is 2.23. The fourth-order valence-electron chi connectivity index (χ4n) is 2.06. The van der Waals surface area contributed by atoms with Crippen molar-refractivity contribution < 1.29 is 4.79 Å². The van der Waals surface area contributed by atoms with E-state index in [1.807, 2.05) is 0 Å². The van der Waals surface area contributed by atoms with E-state index in [0.29, 0.717) is 17.2 Å². The van der Waals surface area contributed by atoms with E-state index in [0.717, 1.165) is 31.3 Å². The van der Waals surface area contributed by atoms with E-state index in [9.17, 15) is 4.79 Å². The first-order chi connectivity index (χ1) is 9.52. The van der Waals surface area contributed by atoms with Crippen molar-refractivity contribution in [2.75, 3.05) is 57.5 Å². The quantitative estimate of drug-likeness (QED) is 0.830. The Hall–Kier alpha value is -1.60. The summed E-state index contributed by atoms with van der Waals surface area (Å²) in [6, 6.07) is 0. The number of thiazole rings is 1. The van der Waals surface area contributed by atoms with Crippen molar-refractivity contribution in [3.8, 4) is 0 Å². The van der Waals surface area contributed by atoms with Crippen molar-refractivity contribution in [2.45, 2.75) is 0 Å². The van der Waals surface area contributed by atoms with Gasteiger partial charge in [0.25, 0.3) is 5.91 Å². The highest BCUT2D eigenvalue weighted by molar-refractivity contribution is 7.18. The molecule has 1 fully saturated rings. The van der Waals surface area contributed by atoms with Crippen molar-refractivity contribution >= 4 is 28.2 Å². The fraction of sp³-hybridized carbons (Fsp3) is 0.538. The lowest BCUT2D eigenvalue weighted by Crippen LogP contribution is -2.44. The lowest BCUT2D eigenvalue weighted by Gasteiger charge is -2.32. The van der Waals surface area contributed by atoms with Crippen LogP contribution in [0.2, 0.25) is 0 Å². The highest BCUT2D eigenvalue weighted by Crippen LogP contribution is 2.29. The molecule has 20 heavy (non-hydrogen) atoms. The number of hydrogen-bond donors (Lipinski definition) is 1. The second-order valence-corrected chi connectivity index (χ2v) is 5.95. The van der Waals surface area contributed by atoms with Gasteiger partial charge in [0, 0.05) is 39.8 Å². The highest BCUT2D eigenvalue weighted by atomic mass is 32.1. The third-order valence-corrected chi connectivity index (χ3v) is 4.48. The second kappa shape index (κ2) is 6.23. The van der Waals surface area contributed by atoms with Crippen LogP contribution < -0.4 is 10.6 Å². The molecule has 0 bridgehead atoms. The monoisotopic (exact) mass is 295 g/mol. The van der Waals surface area contributed by atoms with Gasteiger partial charge in [-0.15, -0.1) is 6.58 Å². The van der Waals surface area contributed by atoms with Crippen LogP contribution in [0.15, 0.2) is 12.7 Å². The summed E-state index contributed by atoms with van der Waals surface area (Å²) in [7, 11) is 3.84. The molecule has 1 amide bonds. The van der Waals surface area contributed by atoms with Gasteiger partial charge in [-0.2, -0.15) is 0 Å². The zero-order valence-electron chi connectivity index (χ0n) is 12.0. The maximum Gasteiger partial charge on any atom is 0.267 e. The van der Waals surface area contributed by atoms with Crippen LogP contribution in [0.25, 0.3) is 0 Å². The fourth-order valence-corrected chi connectivity index (χ4v) is 3.09. The maximum atomic E-state index is 12.2. The van der Waals surface area contributed by atoms with Crippen LogP contribution in [0, 0.1) is 0 Å². The van der Waals surface area contributed by atoms with E-state index in [2.05, 4.69) is 28.4 Å². The van der Waals surface area contributed by atoms with E-state index in [1.54, 1.807) is 18.0 Å². The second-order valence-electron chi connectivity index (χ2n) is 4.98. The van der Waals surface area contributed by atoms with Crippen LogP contribution in [-0.4, -0.2) is 67.5 Å². The number of aromatic nitrogens is 1. The van der Waals surface area contributed by atoms with E-state index in [-0.39, 0.29) is 5.91 Å². The molecule has 0 aliphatic carbocycles. The Kier molecular flexibility index (Phi) is 4.61. The minimum atomic E-state index is -0.0970. The number of anilines is 2. The molecule has 6 nitrogen and oxygen atoms in total. The normalized spacial score (nSPS) is 16.2. The van der Waals surface area contributed by atoms with Crippen molar-refractivity contribution in [1.29, 1.82) is 0 Å². The van der Waals surface area contributed by atoms with Crippen LogP contribution in [0.1, 0.15) is 9.67 Å². The van der Waals surface area contributed by atoms with Crippen LogP contribution in [0.4, 0.5) is 10.9 Å². The average Bonchev–Trinajstić information content (AvgIpc) is 2.81. The number of carbonyl (C=O) groups excluding carboxylic acids is 1. The van der Waals surface area contributed by atoms with Gasteiger partial charge in [-0.3, -0.25) is 4.79 Å². The molecule has 110 valence electrons. The number of piperazine rings is 1. The molecule has 1 saturated heterocycles. The van der Waals surface area contributed by atoms with Gasteiger partial charge in [-0.1, -0.05) is 17.4 Å². The zero-order chi connectivity index (χ0) is 14.7. The van der Waals surface area contributed by atoms with E-state index < -0.39 is 0 Å². The summed E-state index contributed by atoms with van der Waals surface area (Å²) in [4.78, 5) is 23.2. The van der Waals surface area contributed by atoms with Crippen LogP contribution in [-0.2, 0) is 0 Å². The number of hydrogen-bond acceptors (Lipinski definition) is 6. The number of carbonyl (C=O) groups is 1. The summed E-state index contributed by atoms with van der Waals surface area (Å²) in [6.45, 7) is 7.97. The van der Waals surface area contributed by atoms with Gasteiger partial charge in [-0.05, 0) is 7.05 Å². The molecule has 1 aromatic heterocycles.